The van der Waals surface area contributed by atoms with E-state index >= 15 is 0 Å². The number of rotatable bonds is 2. The van der Waals surface area contributed by atoms with Crippen molar-refractivity contribution in [3.05, 3.63) is 22.7 Å². The maximum absolute atomic E-state index is 12.2. The lowest BCUT2D eigenvalue weighted by Gasteiger charge is -2.20. The quantitative estimate of drug-likeness (QED) is 0.797. The number of nitrogens with zero attached hydrogens (tertiary/aromatic N) is 1. The second-order valence-corrected chi connectivity index (χ2v) is 7.32. The maximum Gasteiger partial charge on any atom is 0.419 e. The molecule has 0 aliphatic carbocycles. The molecule has 0 bridgehead atoms. The van der Waals surface area contributed by atoms with Gasteiger partial charge in [-0.3, -0.25) is 4.57 Å². The Morgan fingerprint density at radius 1 is 1.30 bits per heavy atom. The standard InChI is InChI=1S/C12H17N3O4S/c1-12(2,3)14-20(17,18)7-5-8(13)10-9(6-7)19-11(16)15(10)4/h5-6,14H,13H2,1-4H3. The first-order chi connectivity index (χ1) is 9.01. The molecule has 3 N–H and O–H groups in total. The van der Waals surface area contributed by atoms with Gasteiger partial charge in [-0.2, -0.15) is 0 Å². The zero-order valence-electron chi connectivity index (χ0n) is 11.7. The van der Waals surface area contributed by atoms with E-state index in [1.165, 1.54) is 23.7 Å². The van der Waals surface area contributed by atoms with Gasteiger partial charge in [0.25, 0.3) is 0 Å². The third-order valence-corrected chi connectivity index (χ3v) is 4.37. The van der Waals surface area contributed by atoms with E-state index in [0.717, 1.165) is 0 Å². The van der Waals surface area contributed by atoms with E-state index < -0.39 is 21.3 Å². The molecular weight excluding hydrogens is 282 g/mol. The van der Waals surface area contributed by atoms with Crippen molar-refractivity contribution in [1.82, 2.24) is 9.29 Å². The number of nitrogen functional groups attached to an aromatic ring is 1. The molecule has 0 saturated carbocycles. The highest BCUT2D eigenvalue weighted by molar-refractivity contribution is 7.89. The van der Waals surface area contributed by atoms with Crippen molar-refractivity contribution in [3.8, 4) is 0 Å². The number of oxazole rings is 1. The topological polar surface area (TPSA) is 107 Å². The number of hydrogen-bond acceptors (Lipinski definition) is 5. The van der Waals surface area contributed by atoms with Crippen LogP contribution < -0.4 is 16.2 Å². The van der Waals surface area contributed by atoms with Gasteiger partial charge in [-0.1, -0.05) is 0 Å². The smallest absolute Gasteiger partial charge is 0.408 e. The molecule has 1 aromatic heterocycles. The molecule has 0 spiro atoms. The molecule has 0 atom stereocenters. The van der Waals surface area contributed by atoms with Gasteiger partial charge in [0.1, 0.15) is 5.52 Å². The number of fused-ring (bicyclic) bond motifs is 1. The summed E-state index contributed by atoms with van der Waals surface area (Å²) in [6.07, 6.45) is 0. The fraction of sp³-hybridized carbons (Fsp3) is 0.417. The molecule has 110 valence electrons. The van der Waals surface area contributed by atoms with Crippen molar-refractivity contribution < 1.29 is 12.8 Å². The van der Waals surface area contributed by atoms with Crippen LogP contribution in [0.3, 0.4) is 0 Å². The van der Waals surface area contributed by atoms with Gasteiger partial charge in [0.15, 0.2) is 5.58 Å². The molecule has 7 nitrogen and oxygen atoms in total. The van der Waals surface area contributed by atoms with E-state index in [2.05, 4.69) is 4.72 Å². The summed E-state index contributed by atoms with van der Waals surface area (Å²) in [5.74, 6) is -0.593. The van der Waals surface area contributed by atoms with Crippen molar-refractivity contribution in [2.75, 3.05) is 5.73 Å². The van der Waals surface area contributed by atoms with Crippen LogP contribution in [0.5, 0.6) is 0 Å². The molecule has 0 saturated heterocycles. The zero-order valence-corrected chi connectivity index (χ0v) is 12.5. The Kier molecular flexibility index (Phi) is 3.18. The first-order valence-corrected chi connectivity index (χ1v) is 7.42. The highest BCUT2D eigenvalue weighted by Crippen LogP contribution is 2.25. The van der Waals surface area contributed by atoms with Crippen molar-refractivity contribution in [2.45, 2.75) is 31.2 Å². The SMILES string of the molecule is Cn1c(=O)oc2cc(S(=O)(=O)NC(C)(C)C)cc(N)c21. The van der Waals surface area contributed by atoms with E-state index in [9.17, 15) is 13.2 Å². The fourth-order valence-corrected chi connectivity index (χ4v) is 3.38. The molecule has 1 aromatic carbocycles. The monoisotopic (exact) mass is 299 g/mol. The lowest BCUT2D eigenvalue weighted by molar-refractivity contribution is 0.491. The minimum atomic E-state index is -3.74. The largest absolute Gasteiger partial charge is 0.419 e. The van der Waals surface area contributed by atoms with Gasteiger partial charge < -0.3 is 10.2 Å². The summed E-state index contributed by atoms with van der Waals surface area (Å²) in [5, 5.41) is 0. The Hall–Kier alpha value is -1.80. The maximum atomic E-state index is 12.2. The van der Waals surface area contributed by atoms with Gasteiger partial charge in [0, 0.05) is 18.7 Å². The van der Waals surface area contributed by atoms with Gasteiger partial charge in [0.05, 0.1) is 10.6 Å². The highest BCUT2D eigenvalue weighted by Gasteiger charge is 2.24. The molecule has 0 fully saturated rings. The fourth-order valence-electron chi connectivity index (χ4n) is 1.91. The van der Waals surface area contributed by atoms with Crippen LogP contribution in [-0.4, -0.2) is 18.5 Å². The molecular formula is C12H17N3O4S. The van der Waals surface area contributed by atoms with E-state index in [1.807, 2.05) is 0 Å². The van der Waals surface area contributed by atoms with Gasteiger partial charge >= 0.3 is 5.76 Å². The summed E-state index contributed by atoms with van der Waals surface area (Å²) >= 11 is 0. The van der Waals surface area contributed by atoms with Crippen LogP contribution in [0, 0.1) is 0 Å². The minimum absolute atomic E-state index is 0.0354. The van der Waals surface area contributed by atoms with E-state index in [4.69, 9.17) is 10.2 Å². The zero-order chi connectivity index (χ0) is 15.3. The summed E-state index contributed by atoms with van der Waals surface area (Å²) in [5.41, 5.74) is 5.89. The number of anilines is 1. The molecule has 2 rings (SSSR count). The van der Waals surface area contributed by atoms with Gasteiger partial charge in [-0.05, 0) is 26.8 Å². The number of nitrogens with one attached hydrogen (secondary N) is 1. The van der Waals surface area contributed by atoms with Crippen LogP contribution >= 0.6 is 0 Å². The summed E-state index contributed by atoms with van der Waals surface area (Å²) in [7, 11) is -2.23. The number of aryl methyl sites for hydroxylation is 1. The lowest BCUT2D eigenvalue weighted by atomic mass is 10.1. The Balaban J connectivity index is 2.66. The Morgan fingerprint density at radius 2 is 1.90 bits per heavy atom. The number of aromatic nitrogens is 1. The van der Waals surface area contributed by atoms with Crippen molar-refractivity contribution in [3.63, 3.8) is 0 Å². The van der Waals surface area contributed by atoms with E-state index in [0.29, 0.717) is 5.52 Å². The number of hydrogen-bond donors (Lipinski definition) is 2. The van der Waals surface area contributed by atoms with Gasteiger partial charge in [-0.25, -0.2) is 17.9 Å². The summed E-state index contributed by atoms with van der Waals surface area (Å²) < 4.78 is 33.2. The first-order valence-electron chi connectivity index (χ1n) is 5.94. The van der Waals surface area contributed by atoms with Crippen molar-refractivity contribution in [2.24, 2.45) is 7.05 Å². The number of sulfonamides is 1. The second kappa shape index (κ2) is 4.35. The summed E-state index contributed by atoms with van der Waals surface area (Å²) in [6.45, 7) is 5.19. The molecule has 20 heavy (non-hydrogen) atoms. The highest BCUT2D eigenvalue weighted by atomic mass is 32.2. The average molecular weight is 299 g/mol. The molecule has 1 heterocycles. The van der Waals surface area contributed by atoms with Crippen LogP contribution in [0.1, 0.15) is 20.8 Å². The lowest BCUT2D eigenvalue weighted by Crippen LogP contribution is -2.40. The molecule has 0 amide bonds. The predicted molar refractivity (Wildman–Crippen MR) is 75.9 cm³/mol. The summed E-state index contributed by atoms with van der Waals surface area (Å²) in [6, 6.07) is 2.60. The molecule has 0 aliphatic heterocycles. The molecule has 0 aliphatic rings. The second-order valence-electron chi connectivity index (χ2n) is 5.64. The van der Waals surface area contributed by atoms with E-state index in [-0.39, 0.29) is 16.2 Å². The van der Waals surface area contributed by atoms with Gasteiger partial charge in [-0.15, -0.1) is 0 Å². The van der Waals surface area contributed by atoms with Crippen LogP contribution in [0.2, 0.25) is 0 Å². The average Bonchev–Trinajstić information content (AvgIpc) is 2.51. The molecule has 2 aromatic rings. The van der Waals surface area contributed by atoms with E-state index in [1.54, 1.807) is 20.8 Å². The summed E-state index contributed by atoms with van der Waals surface area (Å²) in [4.78, 5) is 11.4. The minimum Gasteiger partial charge on any atom is -0.408 e. The molecule has 0 radical (unpaired) electrons. The first kappa shape index (κ1) is 14.6. The van der Waals surface area contributed by atoms with Crippen LogP contribution in [0.15, 0.2) is 26.2 Å². The van der Waals surface area contributed by atoms with Gasteiger partial charge in [0.2, 0.25) is 10.0 Å². The Bertz CT molecular complexity index is 825. The molecule has 0 unspecified atom stereocenters. The van der Waals surface area contributed by atoms with Crippen molar-refractivity contribution >= 4 is 26.8 Å². The third kappa shape index (κ3) is 2.56. The number of nitrogens with two attached hydrogens (primary N) is 1. The predicted octanol–water partition coefficient (Wildman–Crippen LogP) is 0.790. The third-order valence-electron chi connectivity index (χ3n) is 2.64. The van der Waals surface area contributed by atoms with Crippen LogP contribution in [0.25, 0.3) is 11.1 Å². The molecule has 8 heteroatoms. The Labute approximate surface area is 116 Å². The Morgan fingerprint density at radius 3 is 2.45 bits per heavy atom. The normalized spacial score (nSPS) is 13.0. The van der Waals surface area contributed by atoms with Crippen molar-refractivity contribution in [1.29, 1.82) is 0 Å². The van der Waals surface area contributed by atoms with Crippen LogP contribution in [-0.2, 0) is 17.1 Å². The number of benzene rings is 1. The van der Waals surface area contributed by atoms with Crippen LogP contribution in [0.4, 0.5) is 5.69 Å².